The highest BCUT2D eigenvalue weighted by Gasteiger charge is 2.21. The minimum Gasteiger partial charge on any atom is -0.336 e. The largest absolute Gasteiger partial charge is 0.336 e. The first-order valence-electron chi connectivity index (χ1n) is 8.07. The summed E-state index contributed by atoms with van der Waals surface area (Å²) in [6.45, 7) is 2.26. The van der Waals surface area contributed by atoms with Crippen molar-refractivity contribution in [3.05, 3.63) is 58.7 Å². The smallest absolute Gasteiger partial charge is 0.228 e. The van der Waals surface area contributed by atoms with Crippen LogP contribution in [0.15, 0.2) is 48.1 Å². The Morgan fingerprint density at radius 1 is 1.25 bits per heavy atom. The number of pyridine rings is 1. The van der Waals surface area contributed by atoms with Gasteiger partial charge in [0.25, 0.3) is 0 Å². The van der Waals surface area contributed by atoms with Gasteiger partial charge in [-0.05, 0) is 36.1 Å². The number of carbonyl (C=O) groups is 1. The average Bonchev–Trinajstić information content (AvgIpc) is 3.21. The molecule has 0 unspecified atom stereocenters. The summed E-state index contributed by atoms with van der Waals surface area (Å²) in [6, 6.07) is 10.0. The first-order valence-corrected chi connectivity index (χ1v) is 8.95. The molecule has 122 valence electrons. The van der Waals surface area contributed by atoms with Crippen LogP contribution in [0.2, 0.25) is 0 Å². The third kappa shape index (κ3) is 3.10. The van der Waals surface area contributed by atoms with Crippen molar-refractivity contribution in [3.63, 3.8) is 0 Å². The van der Waals surface area contributed by atoms with Gasteiger partial charge in [-0.2, -0.15) is 5.10 Å². The van der Waals surface area contributed by atoms with Gasteiger partial charge in [0.1, 0.15) is 0 Å². The van der Waals surface area contributed by atoms with Gasteiger partial charge in [-0.1, -0.05) is 6.07 Å². The van der Waals surface area contributed by atoms with Crippen molar-refractivity contribution in [1.82, 2.24) is 19.7 Å². The Kier molecular flexibility index (Phi) is 4.13. The van der Waals surface area contributed by atoms with Gasteiger partial charge in [0.2, 0.25) is 5.91 Å². The fraction of sp³-hybridized carbons (Fsp3) is 0.278. The number of hydrogen-bond donors (Lipinski definition) is 0. The van der Waals surface area contributed by atoms with Crippen LogP contribution in [0, 0.1) is 0 Å². The van der Waals surface area contributed by atoms with Crippen molar-refractivity contribution in [2.24, 2.45) is 0 Å². The van der Waals surface area contributed by atoms with Crippen LogP contribution in [-0.4, -0.2) is 32.1 Å². The summed E-state index contributed by atoms with van der Waals surface area (Å²) < 4.78 is 2.03. The fourth-order valence-corrected chi connectivity index (χ4v) is 3.70. The van der Waals surface area contributed by atoms with Gasteiger partial charge in [-0.15, -0.1) is 11.3 Å². The second kappa shape index (κ2) is 6.57. The summed E-state index contributed by atoms with van der Waals surface area (Å²) in [5.41, 5.74) is 3.02. The predicted molar refractivity (Wildman–Crippen MR) is 93.5 cm³/mol. The minimum atomic E-state index is 0.190. The third-order valence-corrected chi connectivity index (χ3v) is 5.11. The van der Waals surface area contributed by atoms with Crippen LogP contribution in [0.25, 0.3) is 11.3 Å². The van der Waals surface area contributed by atoms with Crippen LogP contribution in [0.4, 0.5) is 0 Å². The van der Waals surface area contributed by atoms with Crippen LogP contribution in [0.3, 0.4) is 0 Å². The second-order valence-electron chi connectivity index (χ2n) is 5.91. The van der Waals surface area contributed by atoms with E-state index in [0.29, 0.717) is 13.0 Å². The molecule has 0 radical (unpaired) electrons. The molecule has 1 amide bonds. The molecule has 4 rings (SSSR count). The van der Waals surface area contributed by atoms with Gasteiger partial charge in [0.05, 0.1) is 24.4 Å². The maximum atomic E-state index is 12.6. The summed E-state index contributed by atoms with van der Waals surface area (Å²) in [6.07, 6.45) is 5.00. The number of thiophene rings is 1. The lowest BCUT2D eigenvalue weighted by Crippen LogP contribution is -2.31. The molecule has 24 heavy (non-hydrogen) atoms. The lowest BCUT2D eigenvalue weighted by Gasteiger charge is -2.19. The Balaban J connectivity index is 1.54. The van der Waals surface area contributed by atoms with Crippen LogP contribution in [-0.2, 0) is 24.3 Å². The summed E-state index contributed by atoms with van der Waals surface area (Å²) in [4.78, 5) is 19.8. The highest BCUT2D eigenvalue weighted by atomic mass is 32.1. The van der Waals surface area contributed by atoms with Gasteiger partial charge in [-0.25, -0.2) is 0 Å². The predicted octanol–water partition coefficient (Wildman–Crippen LogP) is 2.98. The lowest BCUT2D eigenvalue weighted by molar-refractivity contribution is -0.131. The molecule has 0 N–H and O–H groups in total. The quantitative estimate of drug-likeness (QED) is 0.738. The second-order valence-corrected chi connectivity index (χ2v) is 6.94. The number of hydrogen-bond acceptors (Lipinski definition) is 4. The molecule has 4 heterocycles. The Labute approximate surface area is 144 Å². The number of fused-ring (bicyclic) bond motifs is 1. The third-order valence-electron chi connectivity index (χ3n) is 4.23. The minimum absolute atomic E-state index is 0.190. The molecule has 0 saturated carbocycles. The SMILES string of the molecule is O=C(Cc1cccs1)N1CCCn2nc(-c3cccnc3)cc2C1. The van der Waals surface area contributed by atoms with Gasteiger partial charge in [0, 0.05) is 35.9 Å². The van der Waals surface area contributed by atoms with E-state index in [1.165, 1.54) is 0 Å². The molecule has 0 atom stereocenters. The van der Waals surface area contributed by atoms with E-state index in [1.807, 2.05) is 45.4 Å². The molecule has 1 aliphatic heterocycles. The van der Waals surface area contributed by atoms with Crippen molar-refractivity contribution in [2.45, 2.75) is 25.9 Å². The van der Waals surface area contributed by atoms with Crippen LogP contribution >= 0.6 is 11.3 Å². The van der Waals surface area contributed by atoms with Gasteiger partial charge < -0.3 is 4.90 Å². The van der Waals surface area contributed by atoms with Crippen molar-refractivity contribution in [2.75, 3.05) is 6.54 Å². The lowest BCUT2D eigenvalue weighted by atomic mass is 10.2. The first-order chi connectivity index (χ1) is 11.8. The highest BCUT2D eigenvalue weighted by Crippen LogP contribution is 2.22. The molecule has 0 aliphatic carbocycles. The summed E-state index contributed by atoms with van der Waals surface area (Å²) >= 11 is 1.64. The number of nitrogens with zero attached hydrogens (tertiary/aromatic N) is 4. The molecule has 0 bridgehead atoms. The topological polar surface area (TPSA) is 51.0 Å². The molecule has 5 nitrogen and oxygen atoms in total. The zero-order valence-electron chi connectivity index (χ0n) is 13.3. The zero-order valence-corrected chi connectivity index (χ0v) is 14.1. The number of aromatic nitrogens is 3. The standard InChI is InChI=1S/C18H18N4OS/c23-18(11-16-5-2-9-24-16)21-7-3-8-22-15(13-21)10-17(20-22)14-4-1-6-19-12-14/h1-2,4-6,9-10,12H,3,7-8,11,13H2. The van der Waals surface area contributed by atoms with E-state index in [1.54, 1.807) is 17.5 Å². The van der Waals surface area contributed by atoms with Gasteiger partial charge >= 0.3 is 0 Å². The first kappa shape index (κ1) is 15.1. The molecular formula is C18H18N4OS. The van der Waals surface area contributed by atoms with Crippen molar-refractivity contribution in [1.29, 1.82) is 0 Å². The molecule has 0 aromatic carbocycles. The van der Waals surface area contributed by atoms with E-state index in [2.05, 4.69) is 11.1 Å². The molecule has 0 saturated heterocycles. The Bertz CT molecular complexity index is 826. The number of carbonyl (C=O) groups excluding carboxylic acids is 1. The van der Waals surface area contributed by atoms with Crippen molar-refractivity contribution >= 4 is 17.2 Å². The van der Waals surface area contributed by atoms with Gasteiger partial charge in [-0.3, -0.25) is 14.5 Å². The van der Waals surface area contributed by atoms with Crippen molar-refractivity contribution < 1.29 is 4.79 Å². The molecule has 0 spiro atoms. The van der Waals surface area contributed by atoms with E-state index < -0.39 is 0 Å². The summed E-state index contributed by atoms with van der Waals surface area (Å²) in [5, 5.41) is 6.71. The van der Waals surface area contributed by atoms with Crippen LogP contribution < -0.4 is 0 Å². The molecular weight excluding hydrogens is 320 g/mol. The molecule has 6 heteroatoms. The van der Waals surface area contributed by atoms with E-state index in [-0.39, 0.29) is 5.91 Å². The molecule has 1 aliphatic rings. The number of rotatable bonds is 3. The van der Waals surface area contributed by atoms with E-state index in [9.17, 15) is 4.79 Å². The highest BCUT2D eigenvalue weighted by molar-refractivity contribution is 7.10. The van der Waals surface area contributed by atoms with E-state index in [4.69, 9.17) is 5.10 Å². The maximum absolute atomic E-state index is 12.6. The molecule has 0 fully saturated rings. The maximum Gasteiger partial charge on any atom is 0.228 e. The van der Waals surface area contributed by atoms with Gasteiger partial charge in [0.15, 0.2) is 0 Å². The molecule has 3 aromatic rings. The Morgan fingerprint density at radius 3 is 3.00 bits per heavy atom. The number of aryl methyl sites for hydroxylation is 1. The Morgan fingerprint density at radius 2 is 2.21 bits per heavy atom. The van der Waals surface area contributed by atoms with Crippen LogP contribution in [0.5, 0.6) is 0 Å². The summed E-state index contributed by atoms with van der Waals surface area (Å²) in [7, 11) is 0. The van der Waals surface area contributed by atoms with E-state index in [0.717, 1.165) is 41.3 Å². The number of amides is 1. The molecule has 3 aromatic heterocycles. The Hall–Kier alpha value is -2.47. The van der Waals surface area contributed by atoms with Crippen molar-refractivity contribution in [3.8, 4) is 11.3 Å². The normalized spacial score (nSPS) is 14.2. The zero-order chi connectivity index (χ0) is 16.4. The van der Waals surface area contributed by atoms with E-state index >= 15 is 0 Å². The van der Waals surface area contributed by atoms with Crippen LogP contribution in [0.1, 0.15) is 17.0 Å². The average molecular weight is 338 g/mol. The summed E-state index contributed by atoms with van der Waals surface area (Å²) in [5.74, 6) is 0.190. The fourth-order valence-electron chi connectivity index (χ4n) is 3.00. The monoisotopic (exact) mass is 338 g/mol.